The van der Waals surface area contributed by atoms with E-state index in [1.165, 1.54) is 19.2 Å². The summed E-state index contributed by atoms with van der Waals surface area (Å²) in [6.07, 6.45) is 7.03. The maximum atomic E-state index is 14.3. The monoisotopic (exact) mass is 292 g/mol. The third-order valence-electron chi connectivity index (χ3n) is 5.07. The van der Waals surface area contributed by atoms with Crippen LogP contribution in [-0.2, 0) is 6.42 Å². The van der Waals surface area contributed by atoms with Gasteiger partial charge in [0, 0.05) is 13.1 Å². The predicted molar refractivity (Wildman–Crippen MR) is 81.9 cm³/mol. The Morgan fingerprint density at radius 2 is 1.81 bits per heavy atom. The fraction of sp³-hybridized carbons (Fsp3) is 0.750. The van der Waals surface area contributed by atoms with E-state index in [-0.39, 0.29) is 5.82 Å². The molecule has 1 N–H and O–H groups in total. The van der Waals surface area contributed by atoms with Crippen molar-refractivity contribution in [2.24, 2.45) is 11.8 Å². The lowest BCUT2D eigenvalue weighted by Gasteiger charge is -2.38. The lowest BCUT2D eigenvalue weighted by atomic mass is 9.79. The molecule has 0 saturated carbocycles. The van der Waals surface area contributed by atoms with Gasteiger partial charge < -0.3 is 10.2 Å². The average molecular weight is 292 g/mol. The first-order valence-corrected chi connectivity index (χ1v) is 8.24. The number of aryl methyl sites for hydroxylation is 1. The maximum absolute atomic E-state index is 14.3. The van der Waals surface area contributed by atoms with Crippen LogP contribution in [0.1, 0.15) is 38.3 Å². The molecule has 2 aliphatic rings. The van der Waals surface area contributed by atoms with Crippen LogP contribution in [0.5, 0.6) is 0 Å². The number of hydrogen-bond acceptors (Lipinski definition) is 4. The zero-order valence-electron chi connectivity index (χ0n) is 12.8. The standard InChI is InChI=1S/C16H25FN4/c1-2-14-15(17)16(20-11-19-14)21-9-5-13(6-10-21)12-3-7-18-8-4-12/h11-13,18H,2-10H2,1H3. The van der Waals surface area contributed by atoms with Gasteiger partial charge in [-0.05, 0) is 57.0 Å². The Balaban J connectivity index is 1.63. The molecule has 21 heavy (non-hydrogen) atoms. The van der Waals surface area contributed by atoms with Gasteiger partial charge in [0.2, 0.25) is 0 Å². The Bertz CT molecular complexity index is 465. The average Bonchev–Trinajstić information content (AvgIpc) is 2.56. The third kappa shape index (κ3) is 3.18. The molecule has 1 aromatic rings. The number of rotatable bonds is 3. The summed E-state index contributed by atoms with van der Waals surface area (Å²) >= 11 is 0. The minimum absolute atomic E-state index is 0.222. The molecule has 0 bridgehead atoms. The van der Waals surface area contributed by atoms with Crippen LogP contribution >= 0.6 is 0 Å². The van der Waals surface area contributed by atoms with Crippen molar-refractivity contribution in [1.82, 2.24) is 15.3 Å². The summed E-state index contributed by atoms with van der Waals surface area (Å²) in [7, 11) is 0. The van der Waals surface area contributed by atoms with E-state index in [1.807, 2.05) is 6.92 Å². The first-order chi connectivity index (χ1) is 10.3. The summed E-state index contributed by atoms with van der Waals surface area (Å²) in [5.74, 6) is 1.94. The number of aromatic nitrogens is 2. The molecule has 0 spiro atoms. The summed E-state index contributed by atoms with van der Waals surface area (Å²) in [6, 6.07) is 0. The Morgan fingerprint density at radius 1 is 1.14 bits per heavy atom. The van der Waals surface area contributed by atoms with Crippen molar-refractivity contribution < 1.29 is 4.39 Å². The van der Waals surface area contributed by atoms with Gasteiger partial charge in [-0.1, -0.05) is 6.92 Å². The minimum Gasteiger partial charge on any atom is -0.354 e. The second-order valence-electron chi connectivity index (χ2n) is 6.22. The predicted octanol–water partition coefficient (Wildman–Crippen LogP) is 2.39. The van der Waals surface area contributed by atoms with Crippen LogP contribution in [0.15, 0.2) is 6.33 Å². The molecule has 2 fully saturated rings. The van der Waals surface area contributed by atoms with Crippen LogP contribution in [-0.4, -0.2) is 36.1 Å². The molecule has 4 nitrogen and oxygen atoms in total. The highest BCUT2D eigenvalue weighted by Gasteiger charge is 2.29. The van der Waals surface area contributed by atoms with E-state index >= 15 is 0 Å². The number of halogens is 1. The molecule has 5 heteroatoms. The molecule has 0 atom stereocenters. The highest BCUT2D eigenvalue weighted by Crippen LogP contribution is 2.32. The summed E-state index contributed by atoms with van der Waals surface area (Å²) in [5, 5.41) is 3.43. The molecule has 3 heterocycles. The number of anilines is 1. The van der Waals surface area contributed by atoms with Gasteiger partial charge in [0.25, 0.3) is 0 Å². The zero-order valence-corrected chi connectivity index (χ0v) is 12.8. The second-order valence-corrected chi connectivity index (χ2v) is 6.22. The topological polar surface area (TPSA) is 41.1 Å². The number of hydrogen-bond donors (Lipinski definition) is 1. The normalized spacial score (nSPS) is 21.7. The Hall–Kier alpha value is -1.23. The number of piperidine rings is 2. The highest BCUT2D eigenvalue weighted by molar-refractivity contribution is 5.41. The van der Waals surface area contributed by atoms with Gasteiger partial charge >= 0.3 is 0 Å². The van der Waals surface area contributed by atoms with Crippen LogP contribution in [0.4, 0.5) is 10.2 Å². The van der Waals surface area contributed by atoms with Crippen LogP contribution < -0.4 is 10.2 Å². The maximum Gasteiger partial charge on any atom is 0.187 e. The molecular weight excluding hydrogens is 267 g/mol. The van der Waals surface area contributed by atoms with Crippen molar-refractivity contribution in [3.63, 3.8) is 0 Å². The van der Waals surface area contributed by atoms with Crippen LogP contribution in [0, 0.1) is 17.7 Å². The molecule has 2 aliphatic heterocycles. The molecule has 2 saturated heterocycles. The van der Waals surface area contributed by atoms with Crippen molar-refractivity contribution in [2.75, 3.05) is 31.1 Å². The Labute approximate surface area is 126 Å². The van der Waals surface area contributed by atoms with Crippen LogP contribution in [0.2, 0.25) is 0 Å². The quantitative estimate of drug-likeness (QED) is 0.929. The van der Waals surface area contributed by atoms with E-state index in [4.69, 9.17) is 0 Å². The largest absolute Gasteiger partial charge is 0.354 e. The van der Waals surface area contributed by atoms with Gasteiger partial charge in [-0.2, -0.15) is 0 Å². The lowest BCUT2D eigenvalue weighted by molar-refractivity contribution is 0.221. The molecular formula is C16H25FN4. The minimum atomic E-state index is -0.222. The summed E-state index contributed by atoms with van der Waals surface area (Å²) in [5.41, 5.74) is 0.528. The van der Waals surface area contributed by atoms with Crippen LogP contribution in [0.3, 0.4) is 0 Å². The Morgan fingerprint density at radius 3 is 2.48 bits per heavy atom. The van der Waals surface area contributed by atoms with Crippen molar-refractivity contribution >= 4 is 5.82 Å². The molecule has 1 aromatic heterocycles. The molecule has 0 radical (unpaired) electrons. The molecule has 0 aliphatic carbocycles. The molecule has 0 unspecified atom stereocenters. The zero-order chi connectivity index (χ0) is 14.7. The van der Waals surface area contributed by atoms with E-state index in [2.05, 4.69) is 20.2 Å². The van der Waals surface area contributed by atoms with Crippen molar-refractivity contribution in [3.8, 4) is 0 Å². The SMILES string of the molecule is CCc1ncnc(N2CCC(C3CCNCC3)CC2)c1F. The van der Waals surface area contributed by atoms with E-state index < -0.39 is 0 Å². The number of nitrogens with one attached hydrogen (secondary N) is 1. The van der Waals surface area contributed by atoms with E-state index in [0.717, 1.165) is 50.9 Å². The van der Waals surface area contributed by atoms with Gasteiger partial charge in [0.05, 0.1) is 5.69 Å². The summed E-state index contributed by atoms with van der Waals surface area (Å²) in [4.78, 5) is 10.3. The lowest BCUT2D eigenvalue weighted by Crippen LogP contribution is -2.40. The third-order valence-corrected chi connectivity index (χ3v) is 5.07. The fourth-order valence-electron chi connectivity index (χ4n) is 3.76. The fourth-order valence-corrected chi connectivity index (χ4v) is 3.76. The summed E-state index contributed by atoms with van der Waals surface area (Å²) < 4.78 is 14.3. The first-order valence-electron chi connectivity index (χ1n) is 8.24. The first kappa shape index (κ1) is 14.7. The molecule has 116 valence electrons. The number of nitrogens with zero attached hydrogens (tertiary/aromatic N) is 3. The van der Waals surface area contributed by atoms with E-state index in [9.17, 15) is 4.39 Å². The van der Waals surface area contributed by atoms with Gasteiger partial charge in [-0.3, -0.25) is 0 Å². The van der Waals surface area contributed by atoms with Crippen molar-refractivity contribution in [1.29, 1.82) is 0 Å². The van der Waals surface area contributed by atoms with Crippen molar-refractivity contribution in [3.05, 3.63) is 17.8 Å². The van der Waals surface area contributed by atoms with E-state index in [0.29, 0.717) is 17.9 Å². The second kappa shape index (κ2) is 6.69. The molecule has 0 aromatic carbocycles. The van der Waals surface area contributed by atoms with E-state index in [1.54, 1.807) is 0 Å². The van der Waals surface area contributed by atoms with Gasteiger partial charge in [-0.25, -0.2) is 14.4 Å². The van der Waals surface area contributed by atoms with Gasteiger partial charge in [0.15, 0.2) is 11.6 Å². The molecule has 0 amide bonds. The Kier molecular flexibility index (Phi) is 4.68. The smallest absolute Gasteiger partial charge is 0.187 e. The van der Waals surface area contributed by atoms with Gasteiger partial charge in [-0.15, -0.1) is 0 Å². The molecule has 3 rings (SSSR count). The van der Waals surface area contributed by atoms with Gasteiger partial charge in [0.1, 0.15) is 6.33 Å². The van der Waals surface area contributed by atoms with Crippen LogP contribution in [0.25, 0.3) is 0 Å². The van der Waals surface area contributed by atoms with Crippen molar-refractivity contribution in [2.45, 2.75) is 39.0 Å². The summed E-state index contributed by atoms with van der Waals surface area (Å²) in [6.45, 7) is 6.09. The highest BCUT2D eigenvalue weighted by atomic mass is 19.1.